The summed E-state index contributed by atoms with van der Waals surface area (Å²) >= 11 is 0. The van der Waals surface area contributed by atoms with Gasteiger partial charge in [0.2, 0.25) is 0 Å². The van der Waals surface area contributed by atoms with Crippen LogP contribution >= 0.6 is 0 Å². The maximum Gasteiger partial charge on any atom is 0.386 e. The molecule has 0 aliphatic rings. The number of carbonyl (C=O) groups excluding carboxylic acids is 1. The molecular formula is C10H11O3. The molecule has 0 heterocycles. The monoisotopic (exact) mass is 179 g/mol. The lowest BCUT2D eigenvalue weighted by molar-refractivity contribution is 0.0572. The topological polar surface area (TPSA) is 46.2 Å². The molecule has 0 aliphatic carbocycles. The first kappa shape index (κ1) is 9.58. The summed E-state index contributed by atoms with van der Waals surface area (Å²) < 4.78 is 5.31. The Kier molecular flexibility index (Phi) is 2.90. The number of hydrogen-bond acceptors (Lipinski definition) is 2. The molecule has 0 saturated carbocycles. The average Bonchev–Trinajstić information content (AvgIpc) is 2.03. The van der Waals surface area contributed by atoms with Crippen LogP contribution in [0.2, 0.25) is 0 Å². The zero-order valence-electron chi connectivity index (χ0n) is 7.61. The molecule has 69 valence electrons. The van der Waals surface area contributed by atoms with E-state index in [1.54, 1.807) is 12.1 Å². The fraction of sp³-hybridized carbons (Fsp3) is 0.300. The quantitative estimate of drug-likeness (QED) is 0.712. The fourth-order valence-electron chi connectivity index (χ4n) is 0.969. The maximum atomic E-state index is 10.5. The Morgan fingerprint density at radius 2 is 2.08 bits per heavy atom. The summed E-state index contributed by atoms with van der Waals surface area (Å²) in [6, 6.07) is 6.27. The predicted octanol–water partition coefficient (Wildman–Crippen LogP) is 2.04. The van der Waals surface area contributed by atoms with E-state index < -0.39 is 5.97 Å². The number of carbonyl (C=O) groups is 1. The Hall–Kier alpha value is -1.51. The number of rotatable bonds is 3. The lowest BCUT2D eigenvalue weighted by atomic mass is 10.2. The van der Waals surface area contributed by atoms with Crippen molar-refractivity contribution >= 4 is 5.97 Å². The van der Waals surface area contributed by atoms with Crippen molar-refractivity contribution in [3.63, 3.8) is 0 Å². The summed E-state index contributed by atoms with van der Waals surface area (Å²) in [6.07, 6.45) is 0.0389. The summed E-state index contributed by atoms with van der Waals surface area (Å²) in [6.45, 7) is 3.76. The molecule has 0 spiro atoms. The first-order valence-corrected chi connectivity index (χ1v) is 4.07. The van der Waals surface area contributed by atoms with Crippen molar-refractivity contribution < 1.29 is 14.6 Å². The van der Waals surface area contributed by atoms with E-state index in [2.05, 4.69) is 0 Å². The highest BCUT2D eigenvalue weighted by Crippen LogP contribution is 2.14. The normalized spacial score (nSPS) is 10.1. The van der Waals surface area contributed by atoms with Crippen molar-refractivity contribution in [2.75, 3.05) is 0 Å². The minimum Gasteiger partial charge on any atom is -0.491 e. The van der Waals surface area contributed by atoms with Gasteiger partial charge < -0.3 is 4.74 Å². The van der Waals surface area contributed by atoms with Gasteiger partial charge in [0.1, 0.15) is 5.75 Å². The number of hydrogen-bond donors (Lipinski definition) is 0. The molecule has 1 aromatic carbocycles. The third-order valence-electron chi connectivity index (χ3n) is 1.44. The van der Waals surface area contributed by atoms with Crippen molar-refractivity contribution in [3.8, 4) is 5.75 Å². The van der Waals surface area contributed by atoms with E-state index in [1.165, 1.54) is 12.1 Å². The molecule has 3 nitrogen and oxygen atoms in total. The molecule has 1 aromatic rings. The molecule has 0 aromatic heterocycles. The minimum atomic E-state index is -1.19. The maximum absolute atomic E-state index is 10.5. The highest BCUT2D eigenvalue weighted by Gasteiger charge is 2.06. The lowest BCUT2D eigenvalue weighted by Crippen LogP contribution is -2.06. The summed E-state index contributed by atoms with van der Waals surface area (Å²) in [5.74, 6) is -0.633. The van der Waals surface area contributed by atoms with Crippen molar-refractivity contribution in [2.45, 2.75) is 20.0 Å². The molecule has 13 heavy (non-hydrogen) atoms. The Bertz CT molecular complexity index is 305. The van der Waals surface area contributed by atoms with Crippen LogP contribution in [0.5, 0.6) is 5.75 Å². The highest BCUT2D eigenvalue weighted by molar-refractivity contribution is 5.87. The largest absolute Gasteiger partial charge is 0.491 e. The molecule has 1 rings (SSSR count). The fourth-order valence-corrected chi connectivity index (χ4v) is 0.969. The molecule has 0 amide bonds. The van der Waals surface area contributed by atoms with E-state index >= 15 is 0 Å². The average molecular weight is 179 g/mol. The second kappa shape index (κ2) is 3.94. The van der Waals surface area contributed by atoms with Gasteiger partial charge >= 0.3 is 5.97 Å². The van der Waals surface area contributed by atoms with Crippen LogP contribution in [0.15, 0.2) is 24.3 Å². The van der Waals surface area contributed by atoms with Gasteiger partial charge in [-0.15, -0.1) is 0 Å². The van der Waals surface area contributed by atoms with Crippen LogP contribution in [-0.4, -0.2) is 12.1 Å². The Morgan fingerprint density at radius 3 is 2.62 bits per heavy atom. The van der Waals surface area contributed by atoms with E-state index in [-0.39, 0.29) is 11.7 Å². The molecule has 3 heteroatoms. The second-order valence-corrected chi connectivity index (χ2v) is 2.98. The van der Waals surface area contributed by atoms with Crippen LogP contribution in [0.4, 0.5) is 0 Å². The van der Waals surface area contributed by atoms with E-state index in [0.717, 1.165) is 0 Å². The van der Waals surface area contributed by atoms with Gasteiger partial charge in [-0.3, -0.25) is 0 Å². The Balaban J connectivity index is 2.85. The highest BCUT2D eigenvalue weighted by atomic mass is 16.5. The Morgan fingerprint density at radius 1 is 1.38 bits per heavy atom. The summed E-state index contributed by atoms with van der Waals surface area (Å²) in [5, 5.41) is 10.5. The van der Waals surface area contributed by atoms with E-state index in [0.29, 0.717) is 5.75 Å². The second-order valence-electron chi connectivity index (χ2n) is 2.98. The van der Waals surface area contributed by atoms with Gasteiger partial charge in [0.25, 0.3) is 0 Å². The third-order valence-corrected chi connectivity index (χ3v) is 1.44. The molecular weight excluding hydrogens is 168 g/mol. The molecule has 1 radical (unpaired) electrons. The number of benzene rings is 1. The van der Waals surface area contributed by atoms with Gasteiger partial charge in [0.05, 0.1) is 11.7 Å². The summed E-state index contributed by atoms with van der Waals surface area (Å²) in [5.41, 5.74) is 0.137. The summed E-state index contributed by atoms with van der Waals surface area (Å²) in [7, 11) is 0. The minimum absolute atomic E-state index is 0.0389. The van der Waals surface area contributed by atoms with Gasteiger partial charge in [-0.25, -0.2) is 9.90 Å². The first-order chi connectivity index (χ1) is 6.09. The third kappa shape index (κ3) is 2.78. The van der Waals surface area contributed by atoms with E-state index in [9.17, 15) is 9.90 Å². The predicted molar refractivity (Wildman–Crippen MR) is 47.2 cm³/mol. The molecule has 0 aliphatic heterocycles. The van der Waals surface area contributed by atoms with Gasteiger partial charge in [-0.1, -0.05) is 6.07 Å². The van der Waals surface area contributed by atoms with Crippen LogP contribution < -0.4 is 4.74 Å². The van der Waals surface area contributed by atoms with E-state index in [1.807, 2.05) is 13.8 Å². The molecule has 0 atom stereocenters. The van der Waals surface area contributed by atoms with Gasteiger partial charge in [0, 0.05) is 0 Å². The standard InChI is InChI=1S/C10H11O3/c1-7(2)13-9-5-3-4-8(6-9)10(11)12/h3-7H,1-2H3. The lowest BCUT2D eigenvalue weighted by Gasteiger charge is -2.09. The van der Waals surface area contributed by atoms with Gasteiger partial charge in [-0.05, 0) is 32.0 Å². The van der Waals surface area contributed by atoms with E-state index in [4.69, 9.17) is 4.74 Å². The molecule has 0 fully saturated rings. The van der Waals surface area contributed by atoms with Crippen molar-refractivity contribution in [3.05, 3.63) is 29.8 Å². The van der Waals surface area contributed by atoms with Gasteiger partial charge in [0.15, 0.2) is 0 Å². The van der Waals surface area contributed by atoms with Crippen LogP contribution in [0.1, 0.15) is 24.2 Å². The molecule has 0 bridgehead atoms. The number of ether oxygens (including phenoxy) is 1. The van der Waals surface area contributed by atoms with Crippen LogP contribution in [-0.2, 0) is 5.11 Å². The van der Waals surface area contributed by atoms with Crippen molar-refractivity contribution in [1.29, 1.82) is 0 Å². The molecule has 0 N–H and O–H groups in total. The van der Waals surface area contributed by atoms with Gasteiger partial charge in [-0.2, -0.15) is 0 Å². The molecule has 0 unspecified atom stereocenters. The zero-order valence-corrected chi connectivity index (χ0v) is 7.61. The zero-order chi connectivity index (χ0) is 9.84. The molecule has 0 saturated heterocycles. The smallest absolute Gasteiger partial charge is 0.386 e. The van der Waals surface area contributed by atoms with Crippen LogP contribution in [0.3, 0.4) is 0 Å². The summed E-state index contributed by atoms with van der Waals surface area (Å²) in [4.78, 5) is 10.5. The SMILES string of the molecule is CC(C)Oc1cccc(C([O])=O)c1. The van der Waals surface area contributed by atoms with Crippen LogP contribution in [0.25, 0.3) is 0 Å². The van der Waals surface area contributed by atoms with Crippen LogP contribution in [0, 0.1) is 0 Å². The first-order valence-electron chi connectivity index (χ1n) is 4.07. The Labute approximate surface area is 77.0 Å². The van der Waals surface area contributed by atoms with Crippen molar-refractivity contribution in [2.24, 2.45) is 0 Å². The van der Waals surface area contributed by atoms with Crippen molar-refractivity contribution in [1.82, 2.24) is 0 Å².